The molecule has 0 radical (unpaired) electrons. The van der Waals surface area contributed by atoms with E-state index < -0.39 is 27.9 Å². The zero-order chi connectivity index (χ0) is 21.1. The molecule has 1 N–H and O–H groups in total. The fourth-order valence-corrected chi connectivity index (χ4v) is 4.01. The number of nitrogens with one attached hydrogen (secondary N) is 1. The van der Waals surface area contributed by atoms with E-state index in [1.807, 2.05) is 0 Å². The number of carbonyl (C=O) groups excluding carboxylic acids is 2. The smallest absolute Gasteiger partial charge is 0.339 e. The second kappa shape index (κ2) is 8.81. The fourth-order valence-electron chi connectivity index (χ4n) is 2.51. The Morgan fingerprint density at radius 2 is 1.71 bits per heavy atom. The minimum atomic E-state index is -3.77. The number of halogens is 2. The lowest BCUT2D eigenvalue weighted by Gasteiger charge is -2.28. The maximum Gasteiger partial charge on any atom is 0.339 e. The zero-order valence-electron chi connectivity index (χ0n) is 15.3. The lowest BCUT2D eigenvalue weighted by molar-refractivity contribution is -0.116. The van der Waals surface area contributed by atoms with E-state index in [0.717, 1.165) is 10.6 Å². The topological polar surface area (TPSA) is 92.8 Å². The number of benzene rings is 2. The summed E-state index contributed by atoms with van der Waals surface area (Å²) in [5.74, 6) is -1.26. The minimum absolute atomic E-state index is 0.0762. The van der Waals surface area contributed by atoms with Crippen LogP contribution in [0.5, 0.6) is 0 Å². The number of hydrogen-bond acceptors (Lipinski definition) is 5. The third-order valence-corrected chi connectivity index (χ3v) is 5.63. The van der Waals surface area contributed by atoms with Gasteiger partial charge in [0.1, 0.15) is 6.04 Å². The average Bonchev–Trinajstić information content (AvgIpc) is 2.63. The monoisotopic (exact) mass is 444 g/mol. The molecule has 1 amide bonds. The number of anilines is 2. The van der Waals surface area contributed by atoms with E-state index in [9.17, 15) is 18.0 Å². The van der Waals surface area contributed by atoms with Crippen molar-refractivity contribution < 1.29 is 22.7 Å². The van der Waals surface area contributed by atoms with Gasteiger partial charge in [-0.25, -0.2) is 13.2 Å². The number of esters is 1. The zero-order valence-corrected chi connectivity index (χ0v) is 17.6. The third-order valence-electron chi connectivity index (χ3n) is 3.81. The van der Waals surface area contributed by atoms with Gasteiger partial charge in [-0.05, 0) is 49.4 Å². The Morgan fingerprint density at radius 3 is 2.25 bits per heavy atom. The van der Waals surface area contributed by atoms with Gasteiger partial charge < -0.3 is 10.1 Å². The molecule has 0 aliphatic carbocycles. The second-order valence-electron chi connectivity index (χ2n) is 5.89. The summed E-state index contributed by atoms with van der Waals surface area (Å²) in [5, 5.41) is 3.18. The number of ether oxygens (including phenoxy) is 1. The first-order valence-corrected chi connectivity index (χ1v) is 10.6. The van der Waals surface area contributed by atoms with E-state index in [-0.39, 0.29) is 16.3 Å². The molecule has 2 aromatic rings. The van der Waals surface area contributed by atoms with Gasteiger partial charge in [-0.15, -0.1) is 0 Å². The van der Waals surface area contributed by atoms with Gasteiger partial charge in [0.15, 0.2) is 0 Å². The van der Waals surface area contributed by atoms with Crippen LogP contribution in [0.3, 0.4) is 0 Å². The summed E-state index contributed by atoms with van der Waals surface area (Å²) in [6.45, 7) is 1.45. The Labute approximate surface area is 173 Å². The van der Waals surface area contributed by atoms with Gasteiger partial charge >= 0.3 is 5.97 Å². The number of sulfonamides is 1. The molecule has 10 heteroatoms. The number of rotatable bonds is 6. The highest BCUT2D eigenvalue weighted by Crippen LogP contribution is 2.25. The van der Waals surface area contributed by atoms with E-state index in [1.165, 1.54) is 56.5 Å². The molecule has 7 nitrogen and oxygen atoms in total. The molecule has 0 aliphatic rings. The van der Waals surface area contributed by atoms with Gasteiger partial charge in [0.05, 0.1) is 29.6 Å². The lowest BCUT2D eigenvalue weighted by atomic mass is 10.2. The minimum Gasteiger partial charge on any atom is -0.465 e. The van der Waals surface area contributed by atoms with Crippen LogP contribution in [0.2, 0.25) is 10.0 Å². The van der Waals surface area contributed by atoms with Crippen LogP contribution >= 0.6 is 23.2 Å². The molecule has 0 heterocycles. The van der Waals surface area contributed by atoms with Crippen LogP contribution in [0, 0.1) is 0 Å². The summed E-state index contributed by atoms with van der Waals surface area (Å²) >= 11 is 11.8. The van der Waals surface area contributed by atoms with Crippen LogP contribution in [0.25, 0.3) is 0 Å². The first-order chi connectivity index (χ1) is 13.0. The van der Waals surface area contributed by atoms with E-state index in [2.05, 4.69) is 10.1 Å². The van der Waals surface area contributed by atoms with Crippen molar-refractivity contribution in [2.24, 2.45) is 0 Å². The molecular formula is C18H18Cl2N2O5S. The predicted octanol–water partition coefficient (Wildman–Crippen LogP) is 3.57. The Balaban J connectivity index is 2.31. The number of hydrogen-bond donors (Lipinski definition) is 1. The van der Waals surface area contributed by atoms with E-state index in [4.69, 9.17) is 23.2 Å². The van der Waals surface area contributed by atoms with Gasteiger partial charge in [-0.1, -0.05) is 23.2 Å². The summed E-state index contributed by atoms with van der Waals surface area (Å²) in [5.41, 5.74) is 0.638. The van der Waals surface area contributed by atoms with Gasteiger partial charge in [-0.3, -0.25) is 9.10 Å². The first kappa shape index (κ1) is 22.0. The molecule has 1 atom stereocenters. The molecule has 2 aromatic carbocycles. The van der Waals surface area contributed by atoms with Crippen LogP contribution < -0.4 is 9.62 Å². The second-order valence-corrected chi connectivity index (χ2v) is 8.59. The molecular weight excluding hydrogens is 427 g/mol. The molecule has 0 spiro atoms. The first-order valence-electron chi connectivity index (χ1n) is 7.98. The Kier molecular flexibility index (Phi) is 6.92. The standard InChI is InChI=1S/C18H18Cl2N2O5S/c1-11(22(28(3,25)26)14-7-4-12(19)5-8-14)17(23)21-13-6-9-16(20)15(10-13)18(24)27-2/h4-11H,1-3H3,(H,21,23)/t11-/m0/s1. The van der Waals surface area contributed by atoms with Crippen molar-refractivity contribution >= 4 is 56.5 Å². The van der Waals surface area contributed by atoms with Crippen LogP contribution in [0.15, 0.2) is 42.5 Å². The molecule has 0 unspecified atom stereocenters. The van der Waals surface area contributed by atoms with Crippen molar-refractivity contribution in [3.8, 4) is 0 Å². The lowest BCUT2D eigenvalue weighted by Crippen LogP contribution is -2.45. The molecule has 0 bridgehead atoms. The summed E-state index contributed by atoms with van der Waals surface area (Å²) in [7, 11) is -2.56. The Morgan fingerprint density at radius 1 is 1.11 bits per heavy atom. The van der Waals surface area contributed by atoms with Gasteiger partial charge in [0.2, 0.25) is 15.9 Å². The van der Waals surface area contributed by atoms with Crippen molar-refractivity contribution in [3.05, 3.63) is 58.1 Å². The van der Waals surface area contributed by atoms with Crippen molar-refractivity contribution in [1.82, 2.24) is 0 Å². The van der Waals surface area contributed by atoms with Crippen LogP contribution in [0.1, 0.15) is 17.3 Å². The molecule has 0 saturated carbocycles. The molecule has 150 valence electrons. The fraction of sp³-hybridized carbons (Fsp3) is 0.222. The van der Waals surface area contributed by atoms with Gasteiger partial charge in [0, 0.05) is 10.7 Å². The molecule has 28 heavy (non-hydrogen) atoms. The molecule has 2 rings (SSSR count). The summed E-state index contributed by atoms with van der Waals surface area (Å²) in [4.78, 5) is 24.4. The van der Waals surface area contributed by atoms with E-state index in [1.54, 1.807) is 0 Å². The summed E-state index contributed by atoms with van der Waals surface area (Å²) < 4.78 is 30.2. The molecule has 0 aromatic heterocycles. The number of carbonyl (C=O) groups is 2. The highest BCUT2D eigenvalue weighted by atomic mass is 35.5. The van der Waals surface area contributed by atoms with Crippen LogP contribution in [-0.4, -0.2) is 39.7 Å². The van der Waals surface area contributed by atoms with Crippen molar-refractivity contribution in [2.75, 3.05) is 23.0 Å². The SMILES string of the molecule is COC(=O)c1cc(NC(=O)[C@H](C)N(c2ccc(Cl)cc2)S(C)(=O)=O)ccc1Cl. The van der Waals surface area contributed by atoms with E-state index in [0.29, 0.717) is 10.7 Å². The molecule has 0 aliphatic heterocycles. The largest absolute Gasteiger partial charge is 0.465 e. The molecule has 0 fully saturated rings. The van der Waals surface area contributed by atoms with Gasteiger partial charge in [-0.2, -0.15) is 0 Å². The number of amides is 1. The normalized spacial score (nSPS) is 12.2. The van der Waals surface area contributed by atoms with E-state index >= 15 is 0 Å². The maximum atomic E-state index is 12.7. The highest BCUT2D eigenvalue weighted by Gasteiger charge is 2.29. The van der Waals surface area contributed by atoms with Crippen molar-refractivity contribution in [1.29, 1.82) is 0 Å². The van der Waals surface area contributed by atoms with Crippen LogP contribution in [-0.2, 0) is 19.6 Å². The van der Waals surface area contributed by atoms with Crippen molar-refractivity contribution in [3.63, 3.8) is 0 Å². The Bertz CT molecular complexity index is 994. The quantitative estimate of drug-likeness (QED) is 0.687. The highest BCUT2D eigenvalue weighted by molar-refractivity contribution is 7.92. The number of methoxy groups -OCH3 is 1. The summed E-state index contributed by atoms with van der Waals surface area (Å²) in [6.07, 6.45) is 1.00. The van der Waals surface area contributed by atoms with Crippen molar-refractivity contribution in [2.45, 2.75) is 13.0 Å². The maximum absolute atomic E-state index is 12.7. The summed E-state index contributed by atoms with van der Waals surface area (Å²) in [6, 6.07) is 9.27. The van der Waals surface area contributed by atoms with Crippen LogP contribution in [0.4, 0.5) is 11.4 Å². The molecule has 0 saturated heterocycles. The van der Waals surface area contributed by atoms with Gasteiger partial charge in [0.25, 0.3) is 0 Å². The third kappa shape index (κ3) is 5.15. The average molecular weight is 445 g/mol. The Hall–Kier alpha value is -2.29. The number of nitrogens with zero attached hydrogens (tertiary/aromatic N) is 1. The predicted molar refractivity (Wildman–Crippen MR) is 110 cm³/mol.